The molecule has 0 aliphatic heterocycles. The molecule has 4 aromatic rings. The predicted molar refractivity (Wildman–Crippen MR) is 145 cm³/mol. The average Bonchev–Trinajstić information content (AvgIpc) is 3.40. The van der Waals surface area contributed by atoms with E-state index in [-0.39, 0.29) is 18.1 Å². The highest BCUT2D eigenvalue weighted by atomic mass is 35.5. The Hall–Kier alpha value is -3.55. The third-order valence-electron chi connectivity index (χ3n) is 6.47. The molecule has 9 heteroatoms. The summed E-state index contributed by atoms with van der Waals surface area (Å²) in [6.07, 6.45) is 3.90. The summed E-state index contributed by atoms with van der Waals surface area (Å²) < 4.78 is 11.6. The molecule has 1 aliphatic rings. The molecule has 0 saturated carbocycles. The lowest BCUT2D eigenvalue weighted by atomic mass is 9.93. The van der Waals surface area contributed by atoms with E-state index in [1.54, 1.807) is 24.5 Å². The van der Waals surface area contributed by atoms with Crippen LogP contribution in [-0.2, 0) is 17.6 Å². The molecule has 0 spiro atoms. The van der Waals surface area contributed by atoms with E-state index >= 15 is 0 Å². The molecular weight excluding hydrogens is 513 g/mol. The molecule has 2 aromatic heterocycles. The fourth-order valence-electron chi connectivity index (χ4n) is 4.87. The number of fused-ring (bicyclic) bond motifs is 2. The molecule has 7 nitrogen and oxygen atoms in total. The lowest BCUT2D eigenvalue weighted by Gasteiger charge is -2.13. The van der Waals surface area contributed by atoms with Crippen molar-refractivity contribution in [3.05, 3.63) is 86.0 Å². The number of hydrogen-bond donors (Lipinski definition) is 2. The number of aryl methyl sites for hydroxylation is 3. The standard InChI is InChI=1S/C28H25Cl2N3O4/c1-14-9-15(2)25-17(13-36-23(25)10-14)11-24(34)33-32-21-5-4-6-22-26(21)16(3)27(37-22)28(35)31-20-8-7-18(29)12-19(20)30/h7-10,12-13H,4-6,11H2,1-3H3,(H,31,35)(H,33,34)/b32-21+. The number of nitrogens with zero attached hydrogens (tertiary/aromatic N) is 1. The highest BCUT2D eigenvalue weighted by Crippen LogP contribution is 2.32. The SMILES string of the molecule is Cc1cc(C)c2c(CC(=O)N/N=C3\CCCc4oc(C(=O)Nc5ccc(Cl)cc5Cl)c(C)c43)coc2c1. The fraction of sp³-hybridized carbons (Fsp3) is 0.250. The van der Waals surface area contributed by atoms with Gasteiger partial charge in [0, 0.05) is 33.5 Å². The Kier molecular flexibility index (Phi) is 6.84. The van der Waals surface area contributed by atoms with Gasteiger partial charge in [0.25, 0.3) is 5.91 Å². The molecule has 0 saturated heterocycles. The molecule has 2 aromatic carbocycles. The van der Waals surface area contributed by atoms with Crippen LogP contribution in [0, 0.1) is 20.8 Å². The van der Waals surface area contributed by atoms with Gasteiger partial charge in [0.2, 0.25) is 5.91 Å². The highest BCUT2D eigenvalue weighted by molar-refractivity contribution is 6.36. The van der Waals surface area contributed by atoms with Crippen LogP contribution in [0.15, 0.2) is 50.5 Å². The molecule has 37 heavy (non-hydrogen) atoms. The summed E-state index contributed by atoms with van der Waals surface area (Å²) in [7, 11) is 0. The number of anilines is 1. The monoisotopic (exact) mass is 537 g/mol. The number of amides is 2. The quantitative estimate of drug-likeness (QED) is 0.270. The van der Waals surface area contributed by atoms with Gasteiger partial charge in [0.15, 0.2) is 5.76 Å². The first kappa shape index (κ1) is 25.1. The first-order valence-corrected chi connectivity index (χ1v) is 12.7. The fourth-order valence-corrected chi connectivity index (χ4v) is 5.32. The molecule has 2 N–H and O–H groups in total. The Bertz CT molecular complexity index is 1580. The minimum atomic E-state index is -0.419. The molecular formula is C28H25Cl2N3O4. The molecule has 0 atom stereocenters. The smallest absolute Gasteiger partial charge is 0.291 e. The Morgan fingerprint density at radius 2 is 1.89 bits per heavy atom. The van der Waals surface area contributed by atoms with E-state index in [2.05, 4.69) is 21.9 Å². The lowest BCUT2D eigenvalue weighted by molar-refractivity contribution is -0.120. The Morgan fingerprint density at radius 3 is 2.68 bits per heavy atom. The van der Waals surface area contributed by atoms with Crippen molar-refractivity contribution in [3.8, 4) is 0 Å². The minimum absolute atomic E-state index is 0.139. The van der Waals surface area contributed by atoms with Gasteiger partial charge in [-0.1, -0.05) is 29.3 Å². The van der Waals surface area contributed by atoms with Crippen molar-refractivity contribution < 1.29 is 18.4 Å². The van der Waals surface area contributed by atoms with Gasteiger partial charge in [0.05, 0.1) is 29.1 Å². The number of carbonyl (C=O) groups excluding carboxylic acids is 2. The average molecular weight is 538 g/mol. The maximum absolute atomic E-state index is 13.0. The second kappa shape index (κ2) is 10.1. The van der Waals surface area contributed by atoms with Crippen LogP contribution in [0.25, 0.3) is 11.0 Å². The minimum Gasteiger partial charge on any atom is -0.464 e. The van der Waals surface area contributed by atoms with E-state index in [1.807, 2.05) is 26.8 Å². The summed E-state index contributed by atoms with van der Waals surface area (Å²) in [5.74, 6) is 0.194. The molecule has 5 rings (SSSR count). The van der Waals surface area contributed by atoms with E-state index in [9.17, 15) is 9.59 Å². The van der Waals surface area contributed by atoms with E-state index in [0.29, 0.717) is 45.6 Å². The van der Waals surface area contributed by atoms with Crippen LogP contribution in [0.4, 0.5) is 5.69 Å². The first-order valence-electron chi connectivity index (χ1n) is 11.9. The van der Waals surface area contributed by atoms with Gasteiger partial charge in [-0.3, -0.25) is 9.59 Å². The maximum Gasteiger partial charge on any atom is 0.291 e. The van der Waals surface area contributed by atoms with Crippen molar-refractivity contribution in [3.63, 3.8) is 0 Å². The van der Waals surface area contributed by atoms with Gasteiger partial charge in [-0.25, -0.2) is 5.43 Å². The number of furan rings is 2. The molecule has 0 radical (unpaired) electrons. The maximum atomic E-state index is 13.0. The summed E-state index contributed by atoms with van der Waals surface area (Å²) in [4.78, 5) is 25.8. The Labute approximate surface area is 223 Å². The van der Waals surface area contributed by atoms with E-state index in [1.165, 1.54) is 0 Å². The van der Waals surface area contributed by atoms with E-state index in [0.717, 1.165) is 39.6 Å². The first-order chi connectivity index (χ1) is 17.7. The predicted octanol–water partition coefficient (Wildman–Crippen LogP) is 6.91. The Balaban J connectivity index is 1.34. The number of benzene rings is 2. The number of hydrogen-bond acceptors (Lipinski definition) is 5. The topological polar surface area (TPSA) is 96.8 Å². The van der Waals surface area contributed by atoms with Crippen LogP contribution < -0.4 is 10.7 Å². The van der Waals surface area contributed by atoms with Gasteiger partial charge in [0.1, 0.15) is 11.3 Å². The normalized spacial score (nSPS) is 14.1. The van der Waals surface area contributed by atoms with Crippen molar-refractivity contribution in [2.24, 2.45) is 5.10 Å². The zero-order chi connectivity index (χ0) is 26.3. The highest BCUT2D eigenvalue weighted by Gasteiger charge is 2.28. The number of rotatable bonds is 5. The van der Waals surface area contributed by atoms with Crippen molar-refractivity contribution in [1.82, 2.24) is 5.43 Å². The summed E-state index contributed by atoms with van der Waals surface area (Å²) in [5, 5.41) is 8.95. The van der Waals surface area contributed by atoms with Crippen LogP contribution in [0.2, 0.25) is 10.0 Å². The molecule has 0 unspecified atom stereocenters. The largest absolute Gasteiger partial charge is 0.464 e. The Morgan fingerprint density at radius 1 is 1.08 bits per heavy atom. The number of hydrazone groups is 1. The summed E-state index contributed by atoms with van der Waals surface area (Å²) in [5.41, 5.74) is 8.98. The van der Waals surface area contributed by atoms with Crippen LogP contribution in [0.3, 0.4) is 0 Å². The molecule has 2 amide bonds. The number of carbonyl (C=O) groups is 2. The van der Waals surface area contributed by atoms with Crippen molar-refractivity contribution in [2.75, 3.05) is 5.32 Å². The van der Waals surface area contributed by atoms with Gasteiger partial charge >= 0.3 is 0 Å². The number of halogens is 2. The van der Waals surface area contributed by atoms with Crippen molar-refractivity contribution >= 4 is 57.4 Å². The van der Waals surface area contributed by atoms with Gasteiger partial charge < -0.3 is 14.2 Å². The van der Waals surface area contributed by atoms with Crippen LogP contribution >= 0.6 is 23.2 Å². The third-order valence-corrected chi connectivity index (χ3v) is 7.02. The number of nitrogens with one attached hydrogen (secondary N) is 2. The summed E-state index contributed by atoms with van der Waals surface area (Å²) in [6, 6.07) is 8.87. The van der Waals surface area contributed by atoms with Gasteiger partial charge in [-0.05, 0) is 69.0 Å². The van der Waals surface area contributed by atoms with E-state index in [4.69, 9.17) is 32.0 Å². The summed E-state index contributed by atoms with van der Waals surface area (Å²) in [6.45, 7) is 5.83. The second-order valence-corrected chi connectivity index (χ2v) is 10.1. The van der Waals surface area contributed by atoms with Crippen LogP contribution in [0.1, 0.15) is 57.0 Å². The second-order valence-electron chi connectivity index (χ2n) is 9.27. The molecule has 0 fully saturated rings. The van der Waals surface area contributed by atoms with Crippen molar-refractivity contribution in [2.45, 2.75) is 46.5 Å². The van der Waals surface area contributed by atoms with Crippen molar-refractivity contribution in [1.29, 1.82) is 0 Å². The molecule has 190 valence electrons. The zero-order valence-electron chi connectivity index (χ0n) is 20.6. The van der Waals surface area contributed by atoms with Crippen LogP contribution in [0.5, 0.6) is 0 Å². The summed E-state index contributed by atoms with van der Waals surface area (Å²) >= 11 is 12.1. The lowest BCUT2D eigenvalue weighted by Crippen LogP contribution is -2.23. The van der Waals surface area contributed by atoms with E-state index < -0.39 is 5.91 Å². The molecule has 1 aliphatic carbocycles. The van der Waals surface area contributed by atoms with Crippen LogP contribution in [-0.4, -0.2) is 17.5 Å². The van der Waals surface area contributed by atoms with Gasteiger partial charge in [-0.15, -0.1) is 0 Å². The third kappa shape index (κ3) is 5.02. The zero-order valence-corrected chi connectivity index (χ0v) is 22.1. The molecule has 2 heterocycles. The van der Waals surface area contributed by atoms with Gasteiger partial charge in [-0.2, -0.15) is 5.10 Å². The molecule has 0 bridgehead atoms.